The van der Waals surface area contributed by atoms with E-state index in [4.69, 9.17) is 18.9 Å². The van der Waals surface area contributed by atoms with Crippen molar-refractivity contribution in [2.45, 2.75) is 118 Å². The Kier molecular flexibility index (Phi) is 8.93. The highest BCUT2D eigenvalue weighted by Gasteiger charge is 2.46. The summed E-state index contributed by atoms with van der Waals surface area (Å²) < 4.78 is 23.7. The smallest absolute Gasteiger partial charge is 0.169 e. The third kappa shape index (κ3) is 7.45. The predicted octanol–water partition coefficient (Wildman–Crippen LogP) is 4.90. The molecule has 1 saturated heterocycles. The van der Waals surface area contributed by atoms with Crippen molar-refractivity contribution >= 4 is 5.78 Å². The first kappa shape index (κ1) is 24.5. The van der Waals surface area contributed by atoms with Crippen LogP contribution in [0.25, 0.3) is 0 Å². The Bertz CT molecular complexity index is 461. The van der Waals surface area contributed by atoms with Gasteiger partial charge in [-0.2, -0.15) is 0 Å². The van der Waals surface area contributed by atoms with Gasteiger partial charge < -0.3 is 18.9 Å². The topological polar surface area (TPSA) is 54.0 Å². The Morgan fingerprint density at radius 2 is 1.70 bits per heavy atom. The van der Waals surface area contributed by atoms with E-state index in [-0.39, 0.29) is 23.8 Å². The first-order chi connectivity index (χ1) is 12.3. The van der Waals surface area contributed by atoms with Crippen molar-refractivity contribution in [1.29, 1.82) is 0 Å². The number of hydrogen-bond donors (Lipinski definition) is 0. The van der Waals surface area contributed by atoms with Crippen molar-refractivity contribution in [1.82, 2.24) is 0 Å². The summed E-state index contributed by atoms with van der Waals surface area (Å²) in [6, 6.07) is 0. The zero-order valence-electron chi connectivity index (χ0n) is 19.0. The number of Topliss-reactive ketones (excluding diaryl/α,β-unsaturated/α-hetero) is 1. The van der Waals surface area contributed by atoms with Crippen LogP contribution in [0.1, 0.15) is 88.0 Å². The zero-order valence-corrected chi connectivity index (χ0v) is 19.0. The second-order valence-electron chi connectivity index (χ2n) is 9.60. The fraction of sp³-hybridized carbons (Fsp3) is 0.955. The van der Waals surface area contributed by atoms with Crippen LogP contribution in [0.15, 0.2) is 0 Å². The molecule has 0 saturated carbocycles. The lowest BCUT2D eigenvalue weighted by Gasteiger charge is -2.42. The van der Waals surface area contributed by atoms with Crippen LogP contribution in [0, 0.1) is 5.41 Å². The largest absolute Gasteiger partial charge is 0.374 e. The van der Waals surface area contributed by atoms with Crippen molar-refractivity contribution in [3.05, 3.63) is 0 Å². The van der Waals surface area contributed by atoms with E-state index in [1.54, 1.807) is 0 Å². The summed E-state index contributed by atoms with van der Waals surface area (Å²) in [4.78, 5) is 12.9. The molecule has 0 aromatic heterocycles. The highest BCUT2D eigenvalue weighted by Crippen LogP contribution is 2.37. The van der Waals surface area contributed by atoms with Gasteiger partial charge in [-0.1, -0.05) is 13.8 Å². The van der Waals surface area contributed by atoms with Gasteiger partial charge in [-0.15, -0.1) is 0 Å². The molecule has 1 rings (SSSR count). The quantitative estimate of drug-likeness (QED) is 0.505. The van der Waals surface area contributed by atoms with Gasteiger partial charge in [-0.3, -0.25) is 4.79 Å². The molecule has 2 unspecified atom stereocenters. The van der Waals surface area contributed by atoms with Gasteiger partial charge in [-0.05, 0) is 74.1 Å². The molecule has 1 aliphatic heterocycles. The van der Waals surface area contributed by atoms with Gasteiger partial charge in [0.2, 0.25) is 0 Å². The van der Waals surface area contributed by atoms with Crippen molar-refractivity contribution in [3.63, 3.8) is 0 Å². The molecule has 1 aliphatic rings. The maximum atomic E-state index is 12.9. The van der Waals surface area contributed by atoms with E-state index in [9.17, 15) is 4.79 Å². The van der Waals surface area contributed by atoms with Crippen LogP contribution in [0.5, 0.6) is 0 Å². The molecule has 160 valence electrons. The standard InChI is InChI=1S/C22H42O5/c1-16(2)26-17(3)19(23)21(6,7)22(8,9)25-15-13-20(4,5)27-18-12-10-11-14-24-18/h16-18H,10-15H2,1-9H3. The van der Waals surface area contributed by atoms with Crippen LogP contribution in [0.4, 0.5) is 0 Å². The summed E-state index contributed by atoms with van der Waals surface area (Å²) in [6.07, 6.45) is 3.39. The number of rotatable bonds is 11. The molecule has 0 N–H and O–H groups in total. The van der Waals surface area contributed by atoms with Crippen molar-refractivity contribution < 1.29 is 23.7 Å². The molecule has 1 heterocycles. The van der Waals surface area contributed by atoms with Gasteiger partial charge in [0, 0.05) is 6.61 Å². The molecule has 1 fully saturated rings. The Balaban J connectivity index is 2.58. The molecule has 0 spiro atoms. The molecule has 5 heteroatoms. The van der Waals surface area contributed by atoms with E-state index in [2.05, 4.69) is 13.8 Å². The second kappa shape index (κ2) is 9.82. The summed E-state index contributed by atoms with van der Waals surface area (Å²) in [6.45, 7) is 19.0. The van der Waals surface area contributed by atoms with Crippen LogP contribution >= 0.6 is 0 Å². The normalized spacial score (nSPS) is 20.7. The van der Waals surface area contributed by atoms with Gasteiger partial charge in [0.1, 0.15) is 6.10 Å². The van der Waals surface area contributed by atoms with E-state index in [1.165, 1.54) is 0 Å². The van der Waals surface area contributed by atoms with Crippen LogP contribution in [0.3, 0.4) is 0 Å². The third-order valence-electron chi connectivity index (χ3n) is 5.72. The fourth-order valence-electron chi connectivity index (χ4n) is 3.23. The highest BCUT2D eigenvalue weighted by molar-refractivity contribution is 5.89. The molecule has 0 radical (unpaired) electrons. The van der Waals surface area contributed by atoms with Crippen LogP contribution in [-0.4, -0.2) is 48.7 Å². The number of ketones is 1. The summed E-state index contributed by atoms with van der Waals surface area (Å²) in [7, 11) is 0. The minimum Gasteiger partial charge on any atom is -0.374 e. The van der Waals surface area contributed by atoms with E-state index in [1.807, 2.05) is 48.5 Å². The maximum absolute atomic E-state index is 12.9. The summed E-state index contributed by atoms with van der Waals surface area (Å²) in [5.74, 6) is 0.0623. The second-order valence-corrected chi connectivity index (χ2v) is 9.60. The molecular weight excluding hydrogens is 344 g/mol. The molecule has 0 amide bonds. The molecule has 0 bridgehead atoms. The maximum Gasteiger partial charge on any atom is 0.169 e. The van der Waals surface area contributed by atoms with E-state index in [0.717, 1.165) is 32.3 Å². The Labute approximate surface area is 166 Å². The number of hydrogen-bond acceptors (Lipinski definition) is 5. The average Bonchev–Trinajstić information content (AvgIpc) is 2.53. The monoisotopic (exact) mass is 386 g/mol. The van der Waals surface area contributed by atoms with E-state index < -0.39 is 17.1 Å². The van der Waals surface area contributed by atoms with Gasteiger partial charge in [0.05, 0.1) is 29.3 Å². The van der Waals surface area contributed by atoms with Gasteiger partial charge in [0.15, 0.2) is 12.1 Å². The van der Waals surface area contributed by atoms with Crippen LogP contribution in [-0.2, 0) is 23.7 Å². The predicted molar refractivity (Wildman–Crippen MR) is 108 cm³/mol. The van der Waals surface area contributed by atoms with E-state index in [0.29, 0.717) is 6.61 Å². The van der Waals surface area contributed by atoms with E-state index >= 15 is 0 Å². The third-order valence-corrected chi connectivity index (χ3v) is 5.72. The van der Waals surface area contributed by atoms with Crippen molar-refractivity contribution in [3.8, 4) is 0 Å². The molecule has 0 aliphatic carbocycles. The summed E-state index contributed by atoms with van der Waals surface area (Å²) >= 11 is 0. The molecule has 0 aromatic carbocycles. The molecule has 27 heavy (non-hydrogen) atoms. The Morgan fingerprint density at radius 1 is 1.07 bits per heavy atom. The highest BCUT2D eigenvalue weighted by atomic mass is 16.7. The zero-order chi connectivity index (χ0) is 20.9. The lowest BCUT2D eigenvalue weighted by molar-refractivity contribution is -0.222. The molecule has 0 aromatic rings. The average molecular weight is 387 g/mol. The molecule has 2 atom stereocenters. The van der Waals surface area contributed by atoms with Gasteiger partial charge >= 0.3 is 0 Å². The van der Waals surface area contributed by atoms with Crippen LogP contribution < -0.4 is 0 Å². The summed E-state index contributed by atoms with van der Waals surface area (Å²) in [5.41, 5.74) is -1.62. The number of carbonyl (C=O) groups is 1. The van der Waals surface area contributed by atoms with Crippen LogP contribution in [0.2, 0.25) is 0 Å². The number of ether oxygens (including phenoxy) is 4. The molecule has 5 nitrogen and oxygen atoms in total. The molecular formula is C22H42O5. The first-order valence-electron chi connectivity index (χ1n) is 10.4. The minimum absolute atomic E-state index is 0.0173. The SMILES string of the molecule is CC(C)OC(C)C(=O)C(C)(C)C(C)(C)OCCC(C)(C)OC1CCCCO1. The minimum atomic E-state index is -0.668. The van der Waals surface area contributed by atoms with Gasteiger partial charge in [0.25, 0.3) is 0 Å². The Hall–Kier alpha value is -0.490. The van der Waals surface area contributed by atoms with Crippen molar-refractivity contribution in [2.24, 2.45) is 5.41 Å². The number of carbonyl (C=O) groups excluding carboxylic acids is 1. The Morgan fingerprint density at radius 3 is 2.22 bits per heavy atom. The van der Waals surface area contributed by atoms with Crippen molar-refractivity contribution in [2.75, 3.05) is 13.2 Å². The first-order valence-corrected chi connectivity index (χ1v) is 10.4. The fourth-order valence-corrected chi connectivity index (χ4v) is 3.23. The van der Waals surface area contributed by atoms with Gasteiger partial charge in [-0.25, -0.2) is 0 Å². The summed E-state index contributed by atoms with van der Waals surface area (Å²) in [5, 5.41) is 0. The lowest BCUT2D eigenvalue weighted by atomic mass is 9.72. The lowest BCUT2D eigenvalue weighted by Crippen LogP contribution is -2.51.